The van der Waals surface area contributed by atoms with Crippen molar-refractivity contribution in [2.24, 2.45) is 0 Å². The highest BCUT2D eigenvalue weighted by molar-refractivity contribution is 5.07. The highest BCUT2D eigenvalue weighted by atomic mass is 16.5. The van der Waals surface area contributed by atoms with E-state index >= 15 is 0 Å². The third kappa shape index (κ3) is 3.35. The molecule has 1 aromatic heterocycles. The maximum atomic E-state index is 5.77. The third-order valence-corrected chi connectivity index (χ3v) is 3.29. The molecule has 0 aliphatic carbocycles. The van der Waals surface area contributed by atoms with Gasteiger partial charge < -0.3 is 14.5 Å². The first-order valence-corrected chi connectivity index (χ1v) is 6.18. The van der Waals surface area contributed by atoms with E-state index in [-0.39, 0.29) is 0 Å². The molecule has 1 N–H and O–H groups in total. The van der Waals surface area contributed by atoms with E-state index in [9.17, 15) is 0 Å². The maximum Gasteiger partial charge on any atom is 0.0935 e. The van der Waals surface area contributed by atoms with E-state index in [1.54, 1.807) is 6.26 Å². The molecule has 0 saturated carbocycles. The smallest absolute Gasteiger partial charge is 0.0935 e. The monoisotopic (exact) mass is 223 g/mol. The molecule has 2 rings (SSSR count). The van der Waals surface area contributed by atoms with E-state index in [1.165, 1.54) is 24.8 Å². The predicted octanol–water partition coefficient (Wildman–Crippen LogP) is 2.37. The van der Waals surface area contributed by atoms with Crippen LogP contribution < -0.4 is 5.32 Å². The van der Waals surface area contributed by atoms with Crippen molar-refractivity contribution in [3.8, 4) is 0 Å². The highest BCUT2D eigenvalue weighted by Gasteiger charge is 2.18. The summed E-state index contributed by atoms with van der Waals surface area (Å²) in [5.41, 5.74) is 1.26. The number of furan rings is 1. The molecule has 1 saturated heterocycles. The Morgan fingerprint density at radius 2 is 2.44 bits per heavy atom. The van der Waals surface area contributed by atoms with Gasteiger partial charge in [-0.25, -0.2) is 0 Å². The van der Waals surface area contributed by atoms with E-state index < -0.39 is 0 Å². The SMILES string of the molecule is CNC(Cc1ccoc1)CC1CCCCO1. The minimum absolute atomic E-state index is 0.443. The van der Waals surface area contributed by atoms with Crippen molar-refractivity contribution in [1.29, 1.82) is 0 Å². The van der Waals surface area contributed by atoms with Crippen molar-refractivity contribution in [3.05, 3.63) is 24.2 Å². The molecule has 1 aliphatic rings. The largest absolute Gasteiger partial charge is 0.472 e. The van der Waals surface area contributed by atoms with E-state index in [0.29, 0.717) is 12.1 Å². The molecule has 0 radical (unpaired) electrons. The first kappa shape index (κ1) is 11.7. The molecule has 3 heteroatoms. The summed E-state index contributed by atoms with van der Waals surface area (Å²) in [5, 5.41) is 3.37. The van der Waals surface area contributed by atoms with Crippen LogP contribution in [0.3, 0.4) is 0 Å². The number of rotatable bonds is 5. The summed E-state index contributed by atoms with van der Waals surface area (Å²) in [7, 11) is 2.02. The van der Waals surface area contributed by atoms with Gasteiger partial charge in [-0.3, -0.25) is 0 Å². The lowest BCUT2D eigenvalue weighted by atomic mass is 9.98. The van der Waals surface area contributed by atoms with Gasteiger partial charge in [-0.1, -0.05) is 0 Å². The van der Waals surface area contributed by atoms with Crippen LogP contribution in [0.25, 0.3) is 0 Å². The van der Waals surface area contributed by atoms with E-state index in [1.807, 2.05) is 19.4 Å². The molecule has 0 aromatic carbocycles. The summed E-state index contributed by atoms with van der Waals surface area (Å²) in [4.78, 5) is 0. The molecule has 1 fully saturated rings. The fraction of sp³-hybridized carbons (Fsp3) is 0.692. The van der Waals surface area contributed by atoms with Crippen LogP contribution in [0.4, 0.5) is 0 Å². The van der Waals surface area contributed by atoms with Gasteiger partial charge in [-0.15, -0.1) is 0 Å². The first-order chi connectivity index (χ1) is 7.88. The molecule has 16 heavy (non-hydrogen) atoms. The standard InChI is InChI=1S/C13H21NO2/c1-14-12(8-11-5-7-15-10-11)9-13-4-2-3-6-16-13/h5,7,10,12-14H,2-4,6,8-9H2,1H3. The van der Waals surface area contributed by atoms with Crippen molar-refractivity contribution in [2.45, 2.75) is 44.2 Å². The summed E-state index contributed by atoms with van der Waals surface area (Å²) in [6, 6.07) is 2.52. The Morgan fingerprint density at radius 1 is 1.50 bits per heavy atom. The Morgan fingerprint density at radius 3 is 3.06 bits per heavy atom. The molecule has 2 unspecified atom stereocenters. The van der Waals surface area contributed by atoms with E-state index in [2.05, 4.69) is 5.32 Å². The van der Waals surface area contributed by atoms with Crippen LogP contribution in [0.15, 0.2) is 23.0 Å². The van der Waals surface area contributed by atoms with Crippen LogP contribution in [0.5, 0.6) is 0 Å². The van der Waals surface area contributed by atoms with Gasteiger partial charge in [-0.2, -0.15) is 0 Å². The summed E-state index contributed by atoms with van der Waals surface area (Å²) in [5.74, 6) is 0. The summed E-state index contributed by atoms with van der Waals surface area (Å²) in [6.07, 6.45) is 9.87. The fourth-order valence-corrected chi connectivity index (χ4v) is 2.31. The molecular formula is C13H21NO2. The Bertz CT molecular complexity index is 278. The molecule has 0 amide bonds. The minimum atomic E-state index is 0.443. The molecule has 1 aromatic rings. The Hall–Kier alpha value is -0.800. The third-order valence-electron chi connectivity index (χ3n) is 3.29. The second kappa shape index (κ2) is 6.06. The minimum Gasteiger partial charge on any atom is -0.472 e. The molecule has 2 atom stereocenters. The van der Waals surface area contributed by atoms with E-state index in [4.69, 9.17) is 9.15 Å². The van der Waals surface area contributed by atoms with Crippen LogP contribution in [-0.2, 0) is 11.2 Å². The van der Waals surface area contributed by atoms with Gasteiger partial charge in [0.15, 0.2) is 0 Å². The van der Waals surface area contributed by atoms with Crippen molar-refractivity contribution in [3.63, 3.8) is 0 Å². The average molecular weight is 223 g/mol. The Balaban J connectivity index is 1.80. The quantitative estimate of drug-likeness (QED) is 0.832. The summed E-state index contributed by atoms with van der Waals surface area (Å²) in [6.45, 7) is 0.937. The van der Waals surface area contributed by atoms with Gasteiger partial charge in [0.25, 0.3) is 0 Å². The molecule has 3 nitrogen and oxygen atoms in total. The van der Waals surface area contributed by atoms with Crippen LogP contribution in [-0.4, -0.2) is 25.8 Å². The Labute approximate surface area is 97.2 Å². The number of hydrogen-bond donors (Lipinski definition) is 1. The van der Waals surface area contributed by atoms with E-state index in [0.717, 1.165) is 19.4 Å². The zero-order chi connectivity index (χ0) is 11.2. The van der Waals surface area contributed by atoms with Crippen molar-refractivity contribution < 1.29 is 9.15 Å². The summed E-state index contributed by atoms with van der Waals surface area (Å²) >= 11 is 0. The lowest BCUT2D eigenvalue weighted by molar-refractivity contribution is 0.00568. The van der Waals surface area contributed by atoms with Gasteiger partial charge in [0.1, 0.15) is 0 Å². The van der Waals surface area contributed by atoms with Crippen LogP contribution in [0.1, 0.15) is 31.2 Å². The zero-order valence-electron chi connectivity index (χ0n) is 9.95. The van der Waals surface area contributed by atoms with Gasteiger partial charge in [-0.05, 0) is 50.8 Å². The first-order valence-electron chi connectivity index (χ1n) is 6.18. The normalized spacial score (nSPS) is 23.2. The molecule has 0 spiro atoms. The molecule has 90 valence electrons. The second-order valence-corrected chi connectivity index (χ2v) is 4.55. The Kier molecular flexibility index (Phi) is 4.43. The molecular weight excluding hydrogens is 202 g/mol. The molecule has 2 heterocycles. The van der Waals surface area contributed by atoms with Crippen LogP contribution >= 0.6 is 0 Å². The fourth-order valence-electron chi connectivity index (χ4n) is 2.31. The molecule has 0 bridgehead atoms. The lowest BCUT2D eigenvalue weighted by Gasteiger charge is -2.26. The van der Waals surface area contributed by atoms with Gasteiger partial charge >= 0.3 is 0 Å². The molecule has 1 aliphatic heterocycles. The van der Waals surface area contributed by atoms with Crippen molar-refractivity contribution >= 4 is 0 Å². The number of likely N-dealkylation sites (N-methyl/N-ethyl adjacent to an activating group) is 1. The van der Waals surface area contributed by atoms with Gasteiger partial charge in [0.2, 0.25) is 0 Å². The van der Waals surface area contributed by atoms with Crippen molar-refractivity contribution in [2.75, 3.05) is 13.7 Å². The second-order valence-electron chi connectivity index (χ2n) is 4.55. The predicted molar refractivity (Wildman–Crippen MR) is 63.5 cm³/mol. The maximum absolute atomic E-state index is 5.77. The number of hydrogen-bond acceptors (Lipinski definition) is 3. The van der Waals surface area contributed by atoms with Gasteiger partial charge in [0.05, 0.1) is 18.6 Å². The highest BCUT2D eigenvalue weighted by Crippen LogP contribution is 2.18. The van der Waals surface area contributed by atoms with Crippen molar-refractivity contribution in [1.82, 2.24) is 5.32 Å². The zero-order valence-corrected chi connectivity index (χ0v) is 9.95. The van der Waals surface area contributed by atoms with Gasteiger partial charge in [0, 0.05) is 12.6 Å². The topological polar surface area (TPSA) is 34.4 Å². The summed E-state index contributed by atoms with van der Waals surface area (Å²) < 4.78 is 10.9. The number of ether oxygens (including phenoxy) is 1. The van der Waals surface area contributed by atoms with Crippen LogP contribution in [0.2, 0.25) is 0 Å². The number of nitrogens with one attached hydrogen (secondary N) is 1. The van der Waals surface area contributed by atoms with Crippen LogP contribution in [0, 0.1) is 0 Å². The lowest BCUT2D eigenvalue weighted by Crippen LogP contribution is -2.34. The average Bonchev–Trinajstić information content (AvgIpc) is 2.82.